The first-order valence-corrected chi connectivity index (χ1v) is 23.4. The molecule has 4 N–H and O–H groups in total. The van der Waals surface area contributed by atoms with Crippen molar-refractivity contribution in [3.05, 3.63) is 82.7 Å². The van der Waals surface area contributed by atoms with Crippen molar-refractivity contribution in [2.45, 2.75) is 101 Å². The van der Waals surface area contributed by atoms with E-state index in [1.807, 2.05) is 46.5 Å². The molecule has 4 aromatic rings. The van der Waals surface area contributed by atoms with Gasteiger partial charge in [0.25, 0.3) is 0 Å². The Morgan fingerprint density at radius 3 is 1.44 bits per heavy atom. The normalized spacial score (nSPS) is 25.5. The minimum absolute atomic E-state index is 0.0264. The first kappa shape index (κ1) is 43.7. The predicted molar refractivity (Wildman–Crippen MR) is 241 cm³/mol. The molecular formula is C50H58N8O8. The van der Waals surface area contributed by atoms with Crippen LogP contribution >= 0.6 is 0 Å². The van der Waals surface area contributed by atoms with Crippen molar-refractivity contribution in [1.29, 1.82) is 0 Å². The van der Waals surface area contributed by atoms with Crippen molar-refractivity contribution in [3.63, 3.8) is 0 Å². The number of hydrogen-bond donors (Lipinski definition) is 4. The maximum Gasteiger partial charge on any atom is 0.407 e. The highest BCUT2D eigenvalue weighted by molar-refractivity contribution is 5.88. The number of likely N-dealkylation sites (tertiary alicyclic amines) is 2. The van der Waals surface area contributed by atoms with Crippen molar-refractivity contribution in [3.8, 4) is 34.4 Å². The van der Waals surface area contributed by atoms with Gasteiger partial charge in [-0.05, 0) is 135 Å². The summed E-state index contributed by atoms with van der Waals surface area (Å²) < 4.78 is 20.9. The standard InChI is InChI=1S/C50H58N8O8/c1-27-19-33(37-25-51-45(53-37)41-23-35-21-39(35)57(41)47(59)43(55-49(61)63-3)31-11-15-65-16-12-31)9-7-29(27)5-6-30-8-10-34(20-28(30)2)38-26-52-46(54-38)42-24-36-22-40(36)58(42)48(60)44(56-50(62)64-4)32-13-17-66-18-14-32/h7-10,19-20,25-26,31-32,35-36,39-44H,11-18,21-24H2,1-4H3,(H,51,53)(H,52,54)(H,55,61)(H,56,62)/t35?,36?,39?,40?,41-,42-,43-,44-/m0/s1. The molecule has 6 aliphatic rings. The van der Waals surface area contributed by atoms with Gasteiger partial charge in [0.2, 0.25) is 11.8 Å². The second-order valence-corrected chi connectivity index (χ2v) is 18.9. The highest BCUT2D eigenvalue weighted by Gasteiger charge is 2.58. The van der Waals surface area contributed by atoms with Crippen LogP contribution in [0.15, 0.2) is 48.8 Å². The zero-order valence-corrected chi connectivity index (χ0v) is 37.9. The van der Waals surface area contributed by atoms with Gasteiger partial charge in [0.05, 0.1) is 50.1 Å². The number of aromatic amines is 2. The molecule has 4 amide bonds. The number of carbonyl (C=O) groups excluding carboxylic acids is 4. The second-order valence-electron chi connectivity index (χ2n) is 18.9. The van der Waals surface area contributed by atoms with E-state index in [0.29, 0.717) is 63.9 Å². The topological polar surface area (TPSA) is 193 Å². The van der Waals surface area contributed by atoms with Gasteiger partial charge in [-0.15, -0.1) is 0 Å². The number of aryl methyl sites for hydroxylation is 2. The van der Waals surface area contributed by atoms with Crippen LogP contribution in [0.4, 0.5) is 9.59 Å². The summed E-state index contributed by atoms with van der Waals surface area (Å²) in [5.41, 5.74) is 7.56. The molecule has 66 heavy (non-hydrogen) atoms. The molecule has 10 rings (SSSR count). The minimum Gasteiger partial charge on any atom is -0.453 e. The summed E-state index contributed by atoms with van der Waals surface area (Å²) in [6, 6.07) is 10.9. The number of ether oxygens (including phenoxy) is 4. The number of rotatable bonds is 10. The Morgan fingerprint density at radius 1 is 0.652 bits per heavy atom. The van der Waals surface area contributed by atoms with Gasteiger partial charge >= 0.3 is 12.2 Å². The Morgan fingerprint density at radius 2 is 1.06 bits per heavy atom. The van der Waals surface area contributed by atoms with Crippen LogP contribution in [0, 0.1) is 49.4 Å². The van der Waals surface area contributed by atoms with E-state index >= 15 is 0 Å². The third kappa shape index (κ3) is 8.66. The summed E-state index contributed by atoms with van der Waals surface area (Å²) in [4.78, 5) is 73.8. The van der Waals surface area contributed by atoms with Gasteiger partial charge in [-0.1, -0.05) is 24.0 Å². The summed E-state index contributed by atoms with van der Waals surface area (Å²) >= 11 is 0. The van der Waals surface area contributed by atoms with E-state index in [0.717, 1.165) is 82.1 Å². The molecule has 2 aromatic heterocycles. The van der Waals surface area contributed by atoms with Gasteiger partial charge in [0, 0.05) is 49.6 Å². The van der Waals surface area contributed by atoms with Gasteiger partial charge in [-0.3, -0.25) is 9.59 Å². The molecule has 2 aliphatic carbocycles. The van der Waals surface area contributed by atoms with Crippen LogP contribution in [-0.4, -0.2) is 119 Å². The van der Waals surface area contributed by atoms with E-state index in [4.69, 9.17) is 28.9 Å². The lowest BCUT2D eigenvalue weighted by molar-refractivity contribution is -0.138. The SMILES string of the molecule is COC(=O)N[C@H](C(=O)N1C2CC2C[C@H]1c1ncc(-c2ccc(C#Cc3ccc(-c4cnc([C@@H]5CC6CC6N5C(=O)[C@@H](NC(=O)OC)C5CCOCC5)[nH]4)cc3C)c(C)c2)[nH]1)C1CCOCC1. The maximum absolute atomic E-state index is 14.2. The van der Waals surface area contributed by atoms with Crippen molar-refractivity contribution in [2.75, 3.05) is 40.6 Å². The van der Waals surface area contributed by atoms with E-state index in [-0.39, 0.29) is 47.8 Å². The number of amides is 4. The van der Waals surface area contributed by atoms with Crippen molar-refractivity contribution < 1.29 is 38.1 Å². The molecule has 4 aliphatic heterocycles. The van der Waals surface area contributed by atoms with Crippen LogP contribution in [0.3, 0.4) is 0 Å². The summed E-state index contributed by atoms with van der Waals surface area (Å²) in [6.07, 6.45) is 8.84. The number of nitrogens with zero attached hydrogens (tertiary/aromatic N) is 4. The largest absolute Gasteiger partial charge is 0.453 e. The molecule has 6 heterocycles. The molecule has 4 saturated heterocycles. The third-order valence-corrected chi connectivity index (χ3v) is 14.9. The van der Waals surface area contributed by atoms with Crippen LogP contribution in [-0.2, 0) is 28.5 Å². The van der Waals surface area contributed by atoms with Crippen molar-refractivity contribution in [2.24, 2.45) is 23.7 Å². The molecule has 16 heteroatoms. The second kappa shape index (κ2) is 18.2. The van der Waals surface area contributed by atoms with Crippen LogP contribution < -0.4 is 10.6 Å². The number of alkyl carbamates (subject to hydrolysis) is 2. The van der Waals surface area contributed by atoms with Gasteiger partial charge in [0.15, 0.2) is 0 Å². The summed E-state index contributed by atoms with van der Waals surface area (Å²) in [7, 11) is 2.64. The lowest BCUT2D eigenvalue weighted by Gasteiger charge is -2.35. The Bertz CT molecular complexity index is 2390. The molecule has 4 unspecified atom stereocenters. The number of hydrogen-bond acceptors (Lipinski definition) is 10. The fraction of sp³-hybridized carbons (Fsp3) is 0.520. The van der Waals surface area contributed by atoms with E-state index in [2.05, 4.69) is 58.4 Å². The van der Waals surface area contributed by atoms with Crippen molar-refractivity contribution in [1.82, 2.24) is 40.4 Å². The van der Waals surface area contributed by atoms with Gasteiger partial charge in [-0.2, -0.15) is 0 Å². The number of carbonyl (C=O) groups is 4. The van der Waals surface area contributed by atoms with Gasteiger partial charge in [-0.25, -0.2) is 19.6 Å². The third-order valence-electron chi connectivity index (χ3n) is 14.9. The average molecular weight is 899 g/mol. The smallest absolute Gasteiger partial charge is 0.407 e. The number of methoxy groups -OCH3 is 2. The molecule has 16 nitrogen and oxygen atoms in total. The molecular weight excluding hydrogens is 841 g/mol. The van der Waals surface area contributed by atoms with E-state index in [1.165, 1.54) is 14.2 Å². The Balaban J connectivity index is 0.808. The summed E-state index contributed by atoms with van der Waals surface area (Å²) in [6.45, 7) is 6.35. The first-order chi connectivity index (χ1) is 32.1. The minimum atomic E-state index is -0.680. The zero-order valence-electron chi connectivity index (χ0n) is 37.9. The highest BCUT2D eigenvalue weighted by atomic mass is 16.5. The van der Waals surface area contributed by atoms with Gasteiger partial charge in [0.1, 0.15) is 23.7 Å². The highest BCUT2D eigenvalue weighted by Crippen LogP contribution is 2.55. The fourth-order valence-electron chi connectivity index (χ4n) is 11.0. The van der Waals surface area contributed by atoms with Crippen LogP contribution in [0.5, 0.6) is 0 Å². The Kier molecular flexibility index (Phi) is 12.1. The molecule has 2 aromatic carbocycles. The predicted octanol–water partition coefficient (Wildman–Crippen LogP) is 6.11. The van der Waals surface area contributed by atoms with Crippen molar-refractivity contribution >= 4 is 24.0 Å². The summed E-state index contributed by atoms with van der Waals surface area (Å²) in [5.74, 6) is 8.92. The monoisotopic (exact) mass is 898 g/mol. The van der Waals surface area contributed by atoms with E-state index in [1.54, 1.807) is 0 Å². The molecule has 6 fully saturated rings. The quantitative estimate of drug-likeness (QED) is 0.135. The number of nitrogens with one attached hydrogen (secondary N) is 4. The molecule has 0 bridgehead atoms. The zero-order chi connectivity index (χ0) is 45.6. The van der Waals surface area contributed by atoms with E-state index in [9.17, 15) is 19.2 Å². The Labute approximate surface area is 384 Å². The molecule has 2 saturated carbocycles. The number of aromatic nitrogens is 4. The molecule has 346 valence electrons. The number of H-pyrrole nitrogens is 2. The van der Waals surface area contributed by atoms with E-state index < -0.39 is 24.3 Å². The average Bonchev–Trinajstić information content (AvgIpc) is 3.92. The van der Waals surface area contributed by atoms with Gasteiger partial charge < -0.3 is 49.3 Å². The lowest BCUT2D eigenvalue weighted by Crippen LogP contribution is -2.54. The molecule has 0 spiro atoms. The maximum atomic E-state index is 14.2. The van der Waals surface area contributed by atoms with Crippen LogP contribution in [0.25, 0.3) is 22.5 Å². The summed E-state index contributed by atoms with van der Waals surface area (Å²) in [5, 5.41) is 5.71. The molecule has 8 atom stereocenters. The number of fused-ring (bicyclic) bond motifs is 2. The fourth-order valence-corrected chi connectivity index (χ4v) is 11.0. The number of benzene rings is 2. The number of piperidine rings is 2. The lowest BCUT2D eigenvalue weighted by atomic mass is 9.90. The first-order valence-electron chi connectivity index (χ1n) is 23.4. The van der Waals surface area contributed by atoms with Crippen LogP contribution in [0.2, 0.25) is 0 Å². The van der Waals surface area contributed by atoms with Crippen LogP contribution in [0.1, 0.15) is 97.4 Å². The Hall–Kier alpha value is -6.18. The number of imidazole rings is 2. The molecule has 0 radical (unpaired) electrons.